The fourth-order valence-electron chi connectivity index (χ4n) is 13.6. The molecule has 0 spiro atoms. The monoisotopic (exact) mass is 1370 g/mol. The quantitative estimate of drug-likeness (QED) is 0.0211. The summed E-state index contributed by atoms with van der Waals surface area (Å²) in [5, 5.41) is 9.79. The molecule has 9 nitrogen and oxygen atoms in total. The highest BCUT2D eigenvalue weighted by Crippen LogP contribution is 2.21. The number of quaternary nitrogens is 1. The van der Waals surface area contributed by atoms with E-state index in [1.807, 2.05) is 21.1 Å². The Kier molecular flexibility index (Phi) is 77.6. The number of carboxylic acids is 1. The molecule has 0 saturated heterocycles. The van der Waals surface area contributed by atoms with Crippen molar-refractivity contribution in [3.63, 3.8) is 0 Å². The van der Waals surface area contributed by atoms with Gasteiger partial charge >= 0.3 is 17.9 Å². The zero-order valence-corrected chi connectivity index (χ0v) is 66.0. The van der Waals surface area contributed by atoms with Crippen LogP contribution in [0.15, 0.2) is 24.3 Å². The van der Waals surface area contributed by atoms with Gasteiger partial charge in [0, 0.05) is 12.8 Å². The van der Waals surface area contributed by atoms with E-state index in [1.54, 1.807) is 0 Å². The maximum atomic E-state index is 13.0. The Morgan fingerprint density at radius 3 is 0.814 bits per heavy atom. The molecule has 0 amide bonds. The average molecular weight is 1370 g/mol. The summed E-state index contributed by atoms with van der Waals surface area (Å²) < 4.78 is 23.1. The van der Waals surface area contributed by atoms with Gasteiger partial charge in [-0.15, -0.1) is 0 Å². The number of allylic oxidation sites excluding steroid dienone is 4. The van der Waals surface area contributed by atoms with Crippen LogP contribution in [0.2, 0.25) is 0 Å². The predicted octanol–water partition coefficient (Wildman–Crippen LogP) is 28.1. The molecule has 0 aliphatic heterocycles. The lowest BCUT2D eigenvalue weighted by Gasteiger charge is -2.25. The van der Waals surface area contributed by atoms with Gasteiger partial charge in [-0.1, -0.05) is 430 Å². The molecule has 0 fully saturated rings. The van der Waals surface area contributed by atoms with Crippen molar-refractivity contribution >= 4 is 17.9 Å². The van der Waals surface area contributed by atoms with Crippen LogP contribution in [0.3, 0.4) is 0 Å². The summed E-state index contributed by atoms with van der Waals surface area (Å²) in [7, 11) is 6.01. The van der Waals surface area contributed by atoms with E-state index in [0.717, 1.165) is 44.9 Å². The minimum absolute atomic E-state index is 0.173. The first-order valence-electron chi connectivity index (χ1n) is 43.5. The van der Waals surface area contributed by atoms with Crippen molar-refractivity contribution < 1.29 is 42.9 Å². The van der Waals surface area contributed by atoms with Crippen molar-refractivity contribution in [2.45, 2.75) is 476 Å². The molecule has 0 aromatic heterocycles. The molecule has 97 heavy (non-hydrogen) atoms. The molecule has 0 rings (SSSR count). The van der Waals surface area contributed by atoms with Gasteiger partial charge < -0.3 is 28.5 Å². The third kappa shape index (κ3) is 80.9. The molecule has 2 unspecified atom stereocenters. The number of nitrogens with zero attached hydrogens (tertiary/aromatic N) is 1. The van der Waals surface area contributed by atoms with Crippen molar-refractivity contribution in [1.29, 1.82) is 0 Å². The van der Waals surface area contributed by atoms with E-state index in [-0.39, 0.29) is 38.2 Å². The van der Waals surface area contributed by atoms with Crippen LogP contribution in [0, 0.1) is 0 Å². The van der Waals surface area contributed by atoms with Crippen molar-refractivity contribution in [2.24, 2.45) is 0 Å². The lowest BCUT2D eigenvalue weighted by atomic mass is 10.0. The van der Waals surface area contributed by atoms with E-state index in [1.165, 1.54) is 392 Å². The Hall–Kier alpha value is -2.23. The third-order valence-corrected chi connectivity index (χ3v) is 20.2. The Labute approximate surface area is 605 Å². The molecule has 0 radical (unpaired) electrons. The first-order chi connectivity index (χ1) is 47.6. The van der Waals surface area contributed by atoms with Crippen LogP contribution >= 0.6 is 0 Å². The molecule has 0 aromatic rings. The second-order valence-corrected chi connectivity index (χ2v) is 31.2. The summed E-state index contributed by atoms with van der Waals surface area (Å²) in [6.45, 7) is 4.97. The lowest BCUT2D eigenvalue weighted by Crippen LogP contribution is -2.40. The van der Waals surface area contributed by atoms with E-state index in [2.05, 4.69) is 38.2 Å². The van der Waals surface area contributed by atoms with Gasteiger partial charge in [-0.2, -0.15) is 0 Å². The molecule has 0 aromatic carbocycles. The zero-order valence-electron chi connectivity index (χ0n) is 66.0. The van der Waals surface area contributed by atoms with Gasteiger partial charge in [0.25, 0.3) is 6.29 Å². The van der Waals surface area contributed by atoms with E-state index in [9.17, 15) is 19.5 Å². The summed E-state index contributed by atoms with van der Waals surface area (Å²) in [4.78, 5) is 37.8. The van der Waals surface area contributed by atoms with Gasteiger partial charge in [0.05, 0.1) is 34.4 Å². The topological polar surface area (TPSA) is 108 Å². The summed E-state index contributed by atoms with van der Waals surface area (Å²) in [5.74, 6) is -1.96. The number of likely N-dealkylation sites (N-methyl/N-ethyl adjacent to an activating group) is 1. The van der Waals surface area contributed by atoms with Gasteiger partial charge in [-0.25, -0.2) is 4.79 Å². The second-order valence-electron chi connectivity index (χ2n) is 31.2. The van der Waals surface area contributed by atoms with E-state index in [4.69, 9.17) is 18.9 Å². The predicted molar refractivity (Wildman–Crippen MR) is 420 cm³/mol. The minimum Gasteiger partial charge on any atom is -0.477 e. The molecule has 0 aliphatic rings. The molecule has 1 N–H and O–H groups in total. The Bertz CT molecular complexity index is 1640. The average Bonchev–Trinajstić information content (AvgIpc) is 3.11. The van der Waals surface area contributed by atoms with Crippen LogP contribution in [-0.4, -0.2) is 87.4 Å². The molecule has 9 heteroatoms. The smallest absolute Gasteiger partial charge is 0.361 e. The van der Waals surface area contributed by atoms with Crippen LogP contribution < -0.4 is 0 Å². The number of esters is 2. The van der Waals surface area contributed by atoms with Crippen LogP contribution in [0.25, 0.3) is 0 Å². The Morgan fingerprint density at radius 2 is 0.557 bits per heavy atom. The number of carboxylic acid groups (broad SMARTS) is 1. The van der Waals surface area contributed by atoms with E-state index in [0.29, 0.717) is 17.4 Å². The van der Waals surface area contributed by atoms with Crippen LogP contribution in [-0.2, 0) is 33.3 Å². The van der Waals surface area contributed by atoms with Gasteiger partial charge in [-0.3, -0.25) is 9.59 Å². The molecule has 574 valence electrons. The molecule has 0 aliphatic carbocycles. The van der Waals surface area contributed by atoms with E-state index < -0.39 is 18.4 Å². The minimum atomic E-state index is -1.51. The fourth-order valence-corrected chi connectivity index (χ4v) is 13.6. The highest BCUT2D eigenvalue weighted by molar-refractivity contribution is 5.71. The summed E-state index contributed by atoms with van der Waals surface area (Å²) >= 11 is 0. The molecule has 0 saturated carbocycles. The fraction of sp³-hybridized carbons (Fsp3) is 0.920. The van der Waals surface area contributed by atoms with Crippen LogP contribution in [0.5, 0.6) is 0 Å². The molecular formula is C88H170NO8+. The Balaban J connectivity index is 3.91. The van der Waals surface area contributed by atoms with Gasteiger partial charge in [0.15, 0.2) is 6.10 Å². The maximum absolute atomic E-state index is 13.0. The number of hydrogen-bond donors (Lipinski definition) is 1. The number of unbranched alkanes of at least 4 members (excludes halogenated alkanes) is 64. The number of ether oxygens (including phenoxy) is 4. The van der Waals surface area contributed by atoms with Crippen molar-refractivity contribution in [2.75, 3.05) is 47.5 Å². The first kappa shape index (κ1) is 94.8. The SMILES string of the molecule is CCCCCCC/C=C\C/C=C\CCCCCCCCCCCCCCCCCCCCCCCCCCCC(=O)OC(COC(=O)CCCCCCCCCCCCCCCCCCCCCCCCCCCCCCCCCCCCC)COC(OCC[N+](C)(C)C)C(=O)O. The highest BCUT2D eigenvalue weighted by atomic mass is 16.7. The molecule has 0 heterocycles. The number of carbonyl (C=O) groups is 3. The Morgan fingerprint density at radius 1 is 0.309 bits per heavy atom. The molecule has 2 atom stereocenters. The standard InChI is InChI=1S/C88H169NO8/c1-6-8-10-12-14-16-18-20-22-24-26-28-30-32-34-36-38-40-42-43-45-47-49-51-53-55-57-59-61-63-65-67-69-71-73-75-77-79-86(91)97-84(83-96-88(87(92)93)94-81-80-89(3,4)5)82-95-85(90)78-76-74-72-70-68-66-64-62-60-58-56-54-52-50-48-46-44-41-39-37-35-33-31-29-27-25-23-21-19-17-15-13-11-9-7-2/h18,20,24,26,84,88H,6-17,19,21-23,25,27-83H2,1-5H3/p+1/b20-18-,26-24-. The number of hydrogen-bond acceptors (Lipinski definition) is 7. The summed E-state index contributed by atoms with van der Waals surface area (Å²) in [6.07, 6.45) is 99.5. The lowest BCUT2D eigenvalue weighted by molar-refractivity contribution is -0.870. The first-order valence-corrected chi connectivity index (χ1v) is 43.5. The largest absolute Gasteiger partial charge is 0.477 e. The zero-order chi connectivity index (χ0) is 70.4. The number of rotatable bonds is 83. The molecular weight excluding hydrogens is 1200 g/mol. The van der Waals surface area contributed by atoms with Crippen molar-refractivity contribution in [1.82, 2.24) is 0 Å². The molecule has 0 bridgehead atoms. The van der Waals surface area contributed by atoms with E-state index >= 15 is 0 Å². The third-order valence-electron chi connectivity index (χ3n) is 20.2. The van der Waals surface area contributed by atoms with Crippen molar-refractivity contribution in [3.8, 4) is 0 Å². The van der Waals surface area contributed by atoms with Crippen LogP contribution in [0.4, 0.5) is 0 Å². The summed E-state index contributed by atoms with van der Waals surface area (Å²) in [5.41, 5.74) is 0. The highest BCUT2D eigenvalue weighted by Gasteiger charge is 2.25. The second kappa shape index (κ2) is 79.5. The summed E-state index contributed by atoms with van der Waals surface area (Å²) in [6, 6.07) is 0. The van der Waals surface area contributed by atoms with Crippen molar-refractivity contribution in [3.05, 3.63) is 24.3 Å². The number of carbonyl (C=O) groups excluding carboxylic acids is 2. The van der Waals surface area contributed by atoms with Gasteiger partial charge in [0.1, 0.15) is 13.2 Å². The number of aliphatic carboxylic acids is 1. The van der Waals surface area contributed by atoms with Crippen LogP contribution in [0.1, 0.15) is 463 Å². The van der Waals surface area contributed by atoms with Gasteiger partial charge in [-0.05, 0) is 44.9 Å². The maximum Gasteiger partial charge on any atom is 0.361 e. The van der Waals surface area contributed by atoms with Gasteiger partial charge in [0.2, 0.25) is 0 Å². The normalized spacial score (nSPS) is 12.6.